The van der Waals surface area contributed by atoms with Crippen molar-refractivity contribution in [2.45, 2.75) is 45.5 Å². The van der Waals surface area contributed by atoms with Crippen molar-refractivity contribution < 1.29 is 19.0 Å². The Hall–Kier alpha value is -1.27. The van der Waals surface area contributed by atoms with Crippen LogP contribution in [0.2, 0.25) is 0 Å². The number of nitrogens with one attached hydrogen (secondary N) is 1. The minimum Gasteiger partial charge on any atom is -0.497 e. The van der Waals surface area contributed by atoms with Crippen LogP contribution >= 0.6 is 15.9 Å². The van der Waals surface area contributed by atoms with Crippen LogP contribution < -0.4 is 10.1 Å². The standard InChI is InChI=1S/C17H26BrNO4/c1-16(2,3)23-15(20)19-12-17(4,11-18)22-10-13-7-6-8-14(9-13)21-5/h6-9H,10-12H2,1-5H3,(H,19,20). The zero-order valence-corrected chi connectivity index (χ0v) is 16.0. The number of methoxy groups -OCH3 is 1. The minimum absolute atomic E-state index is 0.344. The fraction of sp³-hybridized carbons (Fsp3) is 0.588. The topological polar surface area (TPSA) is 56.8 Å². The molecule has 1 N–H and O–H groups in total. The van der Waals surface area contributed by atoms with Crippen LogP contribution in [0.3, 0.4) is 0 Å². The Morgan fingerprint density at radius 2 is 1.96 bits per heavy atom. The molecule has 130 valence electrons. The van der Waals surface area contributed by atoms with Crippen LogP contribution in [-0.2, 0) is 16.1 Å². The first-order chi connectivity index (χ1) is 10.7. The number of hydrogen-bond donors (Lipinski definition) is 1. The van der Waals surface area contributed by atoms with E-state index < -0.39 is 17.3 Å². The van der Waals surface area contributed by atoms with Crippen LogP contribution in [0.25, 0.3) is 0 Å². The van der Waals surface area contributed by atoms with Gasteiger partial charge in [0.2, 0.25) is 0 Å². The molecule has 0 heterocycles. The zero-order valence-electron chi connectivity index (χ0n) is 14.4. The van der Waals surface area contributed by atoms with Gasteiger partial charge in [0.25, 0.3) is 0 Å². The van der Waals surface area contributed by atoms with Crippen LogP contribution in [-0.4, -0.2) is 36.3 Å². The second kappa shape index (κ2) is 8.55. The number of alkyl carbamates (subject to hydrolysis) is 1. The van der Waals surface area contributed by atoms with Crippen molar-refractivity contribution in [3.05, 3.63) is 29.8 Å². The van der Waals surface area contributed by atoms with Gasteiger partial charge in [0.15, 0.2) is 0 Å². The fourth-order valence-corrected chi connectivity index (χ4v) is 2.09. The van der Waals surface area contributed by atoms with E-state index in [0.29, 0.717) is 18.5 Å². The molecule has 0 saturated carbocycles. The molecule has 1 atom stereocenters. The molecule has 0 aliphatic carbocycles. The number of alkyl halides is 1. The van der Waals surface area contributed by atoms with E-state index in [1.807, 2.05) is 52.0 Å². The largest absolute Gasteiger partial charge is 0.497 e. The maximum Gasteiger partial charge on any atom is 0.407 e. The maximum absolute atomic E-state index is 11.8. The van der Waals surface area contributed by atoms with Crippen molar-refractivity contribution in [1.29, 1.82) is 0 Å². The molecule has 0 aromatic heterocycles. The number of rotatable bonds is 7. The maximum atomic E-state index is 11.8. The van der Waals surface area contributed by atoms with Crippen LogP contribution in [0.4, 0.5) is 4.79 Å². The number of ether oxygens (including phenoxy) is 3. The predicted octanol–water partition coefficient (Wildman–Crippen LogP) is 3.89. The minimum atomic E-state index is -0.542. The van der Waals surface area contributed by atoms with Gasteiger partial charge in [-0.3, -0.25) is 0 Å². The molecule has 0 saturated heterocycles. The average Bonchev–Trinajstić information content (AvgIpc) is 2.49. The molecule has 0 fully saturated rings. The normalized spacial score (nSPS) is 14.0. The van der Waals surface area contributed by atoms with Crippen molar-refractivity contribution in [1.82, 2.24) is 5.32 Å². The molecule has 6 heteroatoms. The van der Waals surface area contributed by atoms with Crippen LogP contribution in [0.15, 0.2) is 24.3 Å². The highest BCUT2D eigenvalue weighted by Gasteiger charge is 2.26. The lowest BCUT2D eigenvalue weighted by atomic mass is 10.1. The molecule has 0 radical (unpaired) electrons. The van der Waals surface area contributed by atoms with E-state index in [2.05, 4.69) is 21.2 Å². The number of carbonyl (C=O) groups excluding carboxylic acids is 1. The third-order valence-corrected chi connectivity index (χ3v) is 4.20. The lowest BCUT2D eigenvalue weighted by molar-refractivity contribution is -0.0258. The van der Waals surface area contributed by atoms with E-state index in [1.54, 1.807) is 7.11 Å². The molecule has 23 heavy (non-hydrogen) atoms. The Kier molecular flexibility index (Phi) is 7.35. The van der Waals surface area contributed by atoms with Gasteiger partial charge in [0, 0.05) is 5.33 Å². The van der Waals surface area contributed by atoms with Crippen molar-refractivity contribution in [2.24, 2.45) is 0 Å². The third-order valence-electron chi connectivity index (χ3n) is 3.01. The van der Waals surface area contributed by atoms with Crippen LogP contribution in [0.5, 0.6) is 5.75 Å². The van der Waals surface area contributed by atoms with E-state index >= 15 is 0 Å². The molecule has 0 bridgehead atoms. The van der Waals surface area contributed by atoms with E-state index in [9.17, 15) is 4.79 Å². The summed E-state index contributed by atoms with van der Waals surface area (Å²) in [7, 11) is 1.63. The van der Waals surface area contributed by atoms with Crippen LogP contribution in [0.1, 0.15) is 33.3 Å². The third kappa shape index (κ3) is 7.70. The molecule has 1 amide bonds. The second-order valence-corrected chi connectivity index (χ2v) is 7.14. The first-order valence-electron chi connectivity index (χ1n) is 7.47. The summed E-state index contributed by atoms with van der Waals surface area (Å²) in [6, 6.07) is 7.70. The number of hydrogen-bond acceptors (Lipinski definition) is 4. The van der Waals surface area contributed by atoms with E-state index in [0.717, 1.165) is 11.3 Å². The van der Waals surface area contributed by atoms with Crippen molar-refractivity contribution in [2.75, 3.05) is 19.0 Å². The molecule has 1 rings (SSSR count). The SMILES string of the molecule is COc1cccc(COC(C)(CBr)CNC(=O)OC(C)(C)C)c1. The van der Waals surface area contributed by atoms with Crippen molar-refractivity contribution in [3.63, 3.8) is 0 Å². The molecule has 0 spiro atoms. The fourth-order valence-electron chi connectivity index (χ4n) is 1.73. The van der Waals surface area contributed by atoms with Gasteiger partial charge in [-0.1, -0.05) is 28.1 Å². The quantitative estimate of drug-likeness (QED) is 0.720. The highest BCUT2D eigenvalue weighted by Crippen LogP contribution is 2.19. The summed E-state index contributed by atoms with van der Waals surface area (Å²) in [5.41, 5.74) is -0.0511. The van der Waals surface area contributed by atoms with Gasteiger partial charge in [0.05, 0.1) is 25.9 Å². The summed E-state index contributed by atoms with van der Waals surface area (Å²) in [4.78, 5) is 11.8. The Balaban J connectivity index is 2.54. The number of halogens is 1. The van der Waals surface area contributed by atoms with E-state index in [1.165, 1.54) is 0 Å². The van der Waals surface area contributed by atoms with Gasteiger partial charge < -0.3 is 19.5 Å². The molecule has 0 aliphatic heterocycles. The Morgan fingerprint density at radius 1 is 1.26 bits per heavy atom. The average molecular weight is 388 g/mol. The Labute approximate surface area is 146 Å². The van der Waals surface area contributed by atoms with Gasteiger partial charge in [0.1, 0.15) is 11.4 Å². The molecule has 1 aromatic rings. The molecule has 0 aliphatic rings. The molecule has 1 unspecified atom stereocenters. The van der Waals surface area contributed by atoms with Crippen LogP contribution in [0, 0.1) is 0 Å². The zero-order chi connectivity index (χ0) is 17.5. The summed E-state index contributed by atoms with van der Waals surface area (Å²) in [5.74, 6) is 0.790. The highest BCUT2D eigenvalue weighted by atomic mass is 79.9. The predicted molar refractivity (Wildman–Crippen MR) is 94.2 cm³/mol. The number of benzene rings is 1. The van der Waals surface area contributed by atoms with Gasteiger partial charge in [-0.25, -0.2) is 4.79 Å². The molecule has 1 aromatic carbocycles. The highest BCUT2D eigenvalue weighted by molar-refractivity contribution is 9.09. The number of carbonyl (C=O) groups is 1. The van der Waals surface area contributed by atoms with Gasteiger partial charge in [-0.15, -0.1) is 0 Å². The first-order valence-corrected chi connectivity index (χ1v) is 8.59. The van der Waals surface area contributed by atoms with Gasteiger partial charge >= 0.3 is 6.09 Å². The smallest absolute Gasteiger partial charge is 0.407 e. The van der Waals surface area contributed by atoms with Crippen molar-refractivity contribution in [3.8, 4) is 5.75 Å². The van der Waals surface area contributed by atoms with E-state index in [4.69, 9.17) is 14.2 Å². The second-order valence-electron chi connectivity index (χ2n) is 6.58. The summed E-state index contributed by atoms with van der Waals surface area (Å²) in [6.45, 7) is 8.19. The molecular weight excluding hydrogens is 362 g/mol. The molecular formula is C17H26BrNO4. The van der Waals surface area contributed by atoms with Gasteiger partial charge in [-0.05, 0) is 45.4 Å². The monoisotopic (exact) mass is 387 g/mol. The Bertz CT molecular complexity index is 516. The number of amides is 1. The lowest BCUT2D eigenvalue weighted by Crippen LogP contribution is -2.45. The van der Waals surface area contributed by atoms with E-state index in [-0.39, 0.29) is 0 Å². The van der Waals surface area contributed by atoms with Crippen molar-refractivity contribution >= 4 is 22.0 Å². The first kappa shape index (κ1) is 19.8. The summed E-state index contributed by atoms with van der Waals surface area (Å²) >= 11 is 3.44. The summed E-state index contributed by atoms with van der Waals surface area (Å²) in [6.07, 6.45) is -0.449. The molecule has 5 nitrogen and oxygen atoms in total. The van der Waals surface area contributed by atoms with Gasteiger partial charge in [-0.2, -0.15) is 0 Å². The summed E-state index contributed by atoms with van der Waals surface area (Å²) in [5, 5.41) is 3.33. The summed E-state index contributed by atoms with van der Waals surface area (Å²) < 4.78 is 16.4. The Morgan fingerprint density at radius 3 is 2.52 bits per heavy atom. The lowest BCUT2D eigenvalue weighted by Gasteiger charge is -2.29.